The molecule has 0 heterocycles. The molecule has 0 aliphatic rings. The van der Waals surface area contributed by atoms with Crippen molar-refractivity contribution < 1.29 is 9.53 Å². The number of ether oxygens (including phenoxy) is 1. The number of hydrogen-bond donors (Lipinski definition) is 0. The molecular weight excluding hydrogens is 202 g/mol. The van der Waals surface area contributed by atoms with Crippen molar-refractivity contribution in [3.63, 3.8) is 0 Å². The number of nitrogens with zero attached hydrogens (tertiary/aromatic N) is 1. The van der Waals surface area contributed by atoms with Crippen molar-refractivity contribution in [3.05, 3.63) is 0 Å². The number of carbonyl (C=O) groups is 1. The first-order chi connectivity index (χ1) is 7.70. The Morgan fingerprint density at radius 3 is 2.50 bits per heavy atom. The zero-order valence-corrected chi connectivity index (χ0v) is 10.5. The van der Waals surface area contributed by atoms with E-state index in [4.69, 9.17) is 10.00 Å². The van der Waals surface area contributed by atoms with Gasteiger partial charge < -0.3 is 4.74 Å². The first-order valence-corrected chi connectivity index (χ1v) is 6.27. The third-order valence-corrected chi connectivity index (χ3v) is 2.52. The summed E-state index contributed by atoms with van der Waals surface area (Å²) in [5, 5.41) is 8.30. The minimum Gasteiger partial charge on any atom is -0.462 e. The van der Waals surface area contributed by atoms with Crippen LogP contribution in [-0.2, 0) is 9.53 Å². The van der Waals surface area contributed by atoms with E-state index in [2.05, 4.69) is 6.92 Å². The molecule has 0 spiro atoms. The van der Waals surface area contributed by atoms with Crippen LogP contribution in [-0.4, -0.2) is 12.1 Å². The summed E-state index contributed by atoms with van der Waals surface area (Å²) in [5.74, 6) is -0.402. The number of hydrogen-bond acceptors (Lipinski definition) is 3. The Morgan fingerprint density at radius 1 is 1.25 bits per heavy atom. The number of rotatable bonds is 9. The van der Waals surface area contributed by atoms with E-state index >= 15 is 0 Å². The average molecular weight is 225 g/mol. The first kappa shape index (κ1) is 15.0. The molecule has 0 fully saturated rings. The molecule has 3 nitrogen and oxygen atoms in total. The van der Waals surface area contributed by atoms with Gasteiger partial charge >= 0.3 is 5.97 Å². The summed E-state index contributed by atoms with van der Waals surface area (Å²) in [6.45, 7) is 4.10. The molecule has 0 aromatic carbocycles. The van der Waals surface area contributed by atoms with Gasteiger partial charge in [-0.1, -0.05) is 39.0 Å². The molecule has 0 N–H and O–H groups in total. The molecule has 1 atom stereocenters. The highest BCUT2D eigenvalue weighted by atomic mass is 16.5. The van der Waals surface area contributed by atoms with Gasteiger partial charge in [-0.25, -0.2) is 0 Å². The van der Waals surface area contributed by atoms with Crippen molar-refractivity contribution in [2.24, 2.45) is 0 Å². The maximum Gasteiger partial charge on any atom is 0.320 e. The molecule has 0 amide bonds. The van der Waals surface area contributed by atoms with Crippen LogP contribution in [0.5, 0.6) is 0 Å². The van der Waals surface area contributed by atoms with Gasteiger partial charge in [0.1, 0.15) is 6.42 Å². The molecule has 0 aliphatic carbocycles. The van der Waals surface area contributed by atoms with Crippen LogP contribution in [0.25, 0.3) is 0 Å². The van der Waals surface area contributed by atoms with Crippen LogP contribution in [0.3, 0.4) is 0 Å². The van der Waals surface area contributed by atoms with Crippen LogP contribution in [0.2, 0.25) is 0 Å². The largest absolute Gasteiger partial charge is 0.462 e. The Morgan fingerprint density at radius 2 is 1.88 bits per heavy atom. The Labute approximate surface area is 98.8 Å². The minimum absolute atomic E-state index is 0.0491. The zero-order chi connectivity index (χ0) is 12.2. The second kappa shape index (κ2) is 10.5. The summed E-state index contributed by atoms with van der Waals surface area (Å²) in [7, 11) is 0. The van der Waals surface area contributed by atoms with Crippen LogP contribution in [0.4, 0.5) is 0 Å². The second-order valence-corrected chi connectivity index (χ2v) is 4.19. The van der Waals surface area contributed by atoms with Crippen molar-refractivity contribution in [3.8, 4) is 6.07 Å². The summed E-state index contributed by atoms with van der Waals surface area (Å²) in [4.78, 5) is 11.0. The number of unbranched alkanes of at least 4 members (excludes halogenated alkanes) is 5. The van der Waals surface area contributed by atoms with E-state index in [1.165, 1.54) is 32.1 Å². The first-order valence-electron chi connectivity index (χ1n) is 6.27. The van der Waals surface area contributed by atoms with E-state index in [1.54, 1.807) is 6.07 Å². The number of carbonyl (C=O) groups excluding carboxylic acids is 1. The lowest BCUT2D eigenvalue weighted by Crippen LogP contribution is -2.14. The maximum atomic E-state index is 11.0. The SMILES string of the molecule is CCCCCCCCC(C)OC(=O)CC#N. The minimum atomic E-state index is -0.402. The third-order valence-electron chi connectivity index (χ3n) is 2.52. The lowest BCUT2D eigenvalue weighted by atomic mass is 10.1. The zero-order valence-electron chi connectivity index (χ0n) is 10.5. The summed E-state index contributed by atoms with van der Waals surface area (Å²) in [6.07, 6.45) is 8.18. The van der Waals surface area contributed by atoms with E-state index in [9.17, 15) is 4.79 Å². The van der Waals surface area contributed by atoms with Crippen LogP contribution in [0.1, 0.15) is 65.2 Å². The lowest BCUT2D eigenvalue weighted by Gasteiger charge is -2.11. The maximum absolute atomic E-state index is 11.0. The normalized spacial score (nSPS) is 11.8. The van der Waals surface area contributed by atoms with Gasteiger partial charge in [0.15, 0.2) is 0 Å². The lowest BCUT2D eigenvalue weighted by molar-refractivity contribution is -0.147. The Balaban J connectivity index is 3.33. The Hall–Kier alpha value is -1.04. The number of esters is 1. The fourth-order valence-corrected chi connectivity index (χ4v) is 1.60. The molecule has 0 aromatic heterocycles. The van der Waals surface area contributed by atoms with E-state index in [0.717, 1.165) is 12.8 Å². The molecule has 0 saturated heterocycles. The van der Waals surface area contributed by atoms with Crippen molar-refractivity contribution in [2.75, 3.05) is 0 Å². The summed E-state index contributed by atoms with van der Waals surface area (Å²) < 4.78 is 5.06. The van der Waals surface area contributed by atoms with Gasteiger partial charge in [0.05, 0.1) is 12.2 Å². The molecule has 0 aliphatic heterocycles. The van der Waals surface area contributed by atoms with E-state index < -0.39 is 5.97 Å². The van der Waals surface area contributed by atoms with Crippen molar-refractivity contribution >= 4 is 5.97 Å². The predicted molar refractivity (Wildman–Crippen MR) is 63.8 cm³/mol. The third kappa shape index (κ3) is 9.51. The van der Waals surface area contributed by atoms with Crippen LogP contribution in [0.15, 0.2) is 0 Å². The molecule has 0 radical (unpaired) electrons. The number of nitriles is 1. The van der Waals surface area contributed by atoms with Crippen molar-refractivity contribution in [1.82, 2.24) is 0 Å². The highest BCUT2D eigenvalue weighted by Gasteiger charge is 2.08. The molecule has 0 bridgehead atoms. The highest BCUT2D eigenvalue weighted by molar-refractivity contribution is 5.71. The standard InChI is InChI=1S/C13H23NO2/c1-3-4-5-6-7-8-9-12(2)16-13(15)10-11-14/h12H,3-10H2,1-2H3. The van der Waals surface area contributed by atoms with E-state index in [-0.39, 0.29) is 12.5 Å². The van der Waals surface area contributed by atoms with Crippen LogP contribution < -0.4 is 0 Å². The van der Waals surface area contributed by atoms with Gasteiger partial charge in [0, 0.05) is 0 Å². The fourth-order valence-electron chi connectivity index (χ4n) is 1.60. The summed E-state index contributed by atoms with van der Waals surface area (Å²) >= 11 is 0. The van der Waals surface area contributed by atoms with Gasteiger partial charge in [0.2, 0.25) is 0 Å². The Bertz CT molecular complexity index is 220. The van der Waals surface area contributed by atoms with Crippen LogP contribution >= 0.6 is 0 Å². The molecule has 1 unspecified atom stereocenters. The van der Waals surface area contributed by atoms with Gasteiger partial charge in [0.25, 0.3) is 0 Å². The molecule has 0 saturated carbocycles. The topological polar surface area (TPSA) is 50.1 Å². The average Bonchev–Trinajstić information content (AvgIpc) is 2.23. The second-order valence-electron chi connectivity index (χ2n) is 4.19. The monoisotopic (exact) mass is 225 g/mol. The van der Waals surface area contributed by atoms with Crippen LogP contribution in [0, 0.1) is 11.3 Å². The van der Waals surface area contributed by atoms with Gasteiger partial charge in [-0.3, -0.25) is 4.79 Å². The molecule has 92 valence electrons. The van der Waals surface area contributed by atoms with Gasteiger partial charge in [-0.2, -0.15) is 5.26 Å². The Kier molecular flexibility index (Phi) is 9.80. The molecule has 16 heavy (non-hydrogen) atoms. The quantitative estimate of drug-likeness (QED) is 0.445. The summed E-state index contributed by atoms with van der Waals surface area (Å²) in [5.41, 5.74) is 0. The van der Waals surface area contributed by atoms with Crippen molar-refractivity contribution in [2.45, 2.75) is 71.3 Å². The van der Waals surface area contributed by atoms with Gasteiger partial charge in [-0.05, 0) is 19.8 Å². The van der Waals surface area contributed by atoms with E-state index in [1.807, 2.05) is 6.92 Å². The molecule has 0 rings (SSSR count). The smallest absolute Gasteiger partial charge is 0.320 e. The highest BCUT2D eigenvalue weighted by Crippen LogP contribution is 2.10. The molecule has 3 heteroatoms. The fraction of sp³-hybridized carbons (Fsp3) is 0.846. The van der Waals surface area contributed by atoms with E-state index in [0.29, 0.717) is 0 Å². The summed E-state index contributed by atoms with van der Waals surface area (Å²) in [6, 6.07) is 1.79. The molecular formula is C13H23NO2. The molecule has 0 aromatic rings. The predicted octanol–water partition coefficient (Wildman–Crippen LogP) is 3.58. The van der Waals surface area contributed by atoms with Crippen molar-refractivity contribution in [1.29, 1.82) is 5.26 Å². The van der Waals surface area contributed by atoms with Gasteiger partial charge in [-0.15, -0.1) is 0 Å².